The van der Waals surface area contributed by atoms with Crippen molar-refractivity contribution < 1.29 is 61.0 Å². The summed E-state index contributed by atoms with van der Waals surface area (Å²) in [5, 5.41) is 0. The molecule has 0 aromatic heterocycles. The van der Waals surface area contributed by atoms with Crippen molar-refractivity contribution in [3.63, 3.8) is 0 Å². The first-order valence-corrected chi connectivity index (χ1v) is 18.6. The lowest BCUT2D eigenvalue weighted by atomic mass is 10.0. The van der Waals surface area contributed by atoms with Crippen molar-refractivity contribution in [3.8, 4) is 5.75 Å². The van der Waals surface area contributed by atoms with Crippen LogP contribution in [0.1, 0.15) is 69.9 Å². The Morgan fingerprint density at radius 3 is 1.52 bits per heavy atom. The van der Waals surface area contributed by atoms with E-state index < -0.39 is 10.8 Å². The summed E-state index contributed by atoms with van der Waals surface area (Å²) in [4.78, 5) is 0. The third-order valence-corrected chi connectivity index (χ3v) is 7.55. The number of rotatable bonds is 36. The van der Waals surface area contributed by atoms with Crippen LogP contribution in [0, 0.1) is 0 Å². The fourth-order valence-corrected chi connectivity index (χ4v) is 4.68. The zero-order valence-electron chi connectivity index (χ0n) is 29.4. The highest BCUT2D eigenvalue weighted by Gasteiger charge is 2.35. The highest BCUT2D eigenvalue weighted by atomic mass is 32.3. The summed E-state index contributed by atoms with van der Waals surface area (Å²) in [5.41, 5.74) is 2.48. The zero-order chi connectivity index (χ0) is 34.8. The van der Waals surface area contributed by atoms with Crippen molar-refractivity contribution in [2.24, 2.45) is 0 Å². The predicted molar refractivity (Wildman–Crippen MR) is 183 cm³/mol. The average Bonchev–Trinajstić information content (AvgIpc) is 3.08. The van der Waals surface area contributed by atoms with Gasteiger partial charge < -0.3 is 37.9 Å². The first-order valence-electron chi connectivity index (χ1n) is 17.3. The second-order valence-electron chi connectivity index (χ2n) is 10.7. The molecule has 13 nitrogen and oxygen atoms in total. The number of allylic oxidation sites excluding steroid dienone is 1. The van der Waals surface area contributed by atoms with Gasteiger partial charge in [0.25, 0.3) is 0 Å². The van der Waals surface area contributed by atoms with E-state index in [9.17, 15) is 8.76 Å². The van der Waals surface area contributed by atoms with Crippen LogP contribution in [-0.4, -0.2) is 106 Å². The largest absolute Gasteiger partial charge is 0.597 e. The van der Waals surface area contributed by atoms with Crippen LogP contribution in [0.2, 0.25) is 0 Å². The Hall–Kier alpha value is -1.53. The fourth-order valence-electron chi connectivity index (χ4n) is 4.34. The van der Waals surface area contributed by atoms with Crippen LogP contribution in [-0.2, 0) is 67.6 Å². The van der Waals surface area contributed by atoms with E-state index in [4.69, 9.17) is 37.9 Å². The van der Waals surface area contributed by atoms with Gasteiger partial charge in [-0.1, -0.05) is 63.7 Å². The van der Waals surface area contributed by atoms with E-state index in [1.54, 1.807) is 0 Å². The zero-order valence-corrected chi connectivity index (χ0v) is 30.2. The molecule has 0 aliphatic heterocycles. The van der Waals surface area contributed by atoms with Crippen molar-refractivity contribution >= 4 is 16.9 Å². The number of aryl methyl sites for hydroxylation is 1. The molecule has 1 unspecified atom stereocenters. The molecule has 0 amide bonds. The molecule has 0 aliphatic carbocycles. The van der Waals surface area contributed by atoms with Crippen LogP contribution in [0.15, 0.2) is 24.3 Å². The average molecular weight is 709 g/mol. The summed E-state index contributed by atoms with van der Waals surface area (Å²) in [6.07, 6.45) is 14.5. The molecule has 1 aromatic rings. The molecule has 0 heterocycles. The standard InChI is InChI=1S/C34H62NO12S/c1-3-5-6-7-8-9-10-12-32-13-14-34(33(31-32)11-4-2)45-29-27-43-25-23-41-21-19-39-17-15-38-16-18-40-20-22-42-24-26-44-28-30-46-48(36,37)47-35/h4,11,13-14,31H,3,5-10,12,15-30H2,1-2,35H3/q+2/b11-4+. The van der Waals surface area contributed by atoms with Crippen molar-refractivity contribution in [2.75, 3.05) is 106 Å². The molecule has 0 spiro atoms. The molecule has 3 N–H and O–H groups in total. The molecule has 48 heavy (non-hydrogen) atoms. The molecule has 0 aliphatic rings. The molecule has 1 atom stereocenters. The SMILES string of the molecule is C/C=C/c1cc(CCCCCCCCC)ccc1OCCOCCOCCOCCOCCOCCOCCOCCO[S+]([O])(=O)O[NH3+]. The molecule has 0 saturated carbocycles. The minimum absolute atomic E-state index is 0.0934. The Morgan fingerprint density at radius 2 is 1.06 bits per heavy atom. The number of unbranched alkanes of at least 4 members (excludes halogenated alkanes) is 6. The quantitative estimate of drug-likeness (QED) is 0.0600. The van der Waals surface area contributed by atoms with E-state index in [1.165, 1.54) is 50.5 Å². The van der Waals surface area contributed by atoms with E-state index in [0.717, 1.165) is 17.7 Å². The van der Waals surface area contributed by atoms with Crippen LogP contribution in [0.5, 0.6) is 5.75 Å². The summed E-state index contributed by atoms with van der Waals surface area (Å²) in [7, 11) is -4.03. The lowest BCUT2D eigenvalue weighted by molar-refractivity contribution is -0.640. The smallest absolute Gasteiger partial charge is 0.491 e. The van der Waals surface area contributed by atoms with Gasteiger partial charge in [-0.15, -0.1) is 4.18 Å². The highest BCUT2D eigenvalue weighted by Crippen LogP contribution is 2.23. The van der Waals surface area contributed by atoms with Gasteiger partial charge in [0.15, 0.2) is 0 Å². The van der Waals surface area contributed by atoms with Gasteiger partial charge in [0.1, 0.15) is 23.5 Å². The predicted octanol–water partition coefficient (Wildman–Crippen LogP) is 4.37. The molecule has 14 heteroatoms. The Balaban J connectivity index is 1.87. The molecule has 1 radical (unpaired) electrons. The molecular weight excluding hydrogens is 646 g/mol. The third kappa shape index (κ3) is 27.3. The van der Waals surface area contributed by atoms with Crippen molar-refractivity contribution in [3.05, 3.63) is 35.4 Å². The van der Waals surface area contributed by atoms with Crippen LogP contribution >= 0.6 is 0 Å². The fraction of sp³-hybridized carbons (Fsp3) is 0.765. The van der Waals surface area contributed by atoms with E-state index in [-0.39, 0.29) is 13.2 Å². The van der Waals surface area contributed by atoms with Crippen LogP contribution in [0.4, 0.5) is 0 Å². The van der Waals surface area contributed by atoms with E-state index >= 15 is 0 Å². The topological polar surface area (TPSA) is 157 Å². The van der Waals surface area contributed by atoms with E-state index in [2.05, 4.69) is 45.6 Å². The van der Waals surface area contributed by atoms with Crippen LogP contribution < -0.4 is 10.6 Å². The molecule has 0 fully saturated rings. The van der Waals surface area contributed by atoms with Crippen molar-refractivity contribution in [1.29, 1.82) is 0 Å². The second kappa shape index (κ2) is 32.7. The number of ether oxygens (including phenoxy) is 8. The Labute approximate surface area is 289 Å². The van der Waals surface area contributed by atoms with Gasteiger partial charge in [-0.2, -0.15) is 5.90 Å². The number of benzene rings is 1. The maximum absolute atomic E-state index is 10.9. The first-order chi connectivity index (χ1) is 23.5. The minimum atomic E-state index is -4.03. The molecule has 1 aromatic carbocycles. The van der Waals surface area contributed by atoms with Gasteiger partial charge in [-0.05, 0) is 37.5 Å². The molecular formula is C34H62NO12S+2. The normalized spacial score (nSPS) is 13.0. The Kier molecular flexibility index (Phi) is 30.3. The summed E-state index contributed by atoms with van der Waals surface area (Å²) in [6, 6.07) is 6.51. The third-order valence-electron chi connectivity index (χ3n) is 6.81. The minimum Gasteiger partial charge on any atom is -0.491 e. The summed E-state index contributed by atoms with van der Waals surface area (Å²) < 4.78 is 74.2. The molecule has 0 saturated heterocycles. The number of quaternary nitrogens is 1. The lowest BCUT2D eigenvalue weighted by Gasteiger charge is -2.12. The summed E-state index contributed by atoms with van der Waals surface area (Å²) in [5.74, 6) is 3.67. The lowest BCUT2D eigenvalue weighted by Crippen LogP contribution is -2.53. The van der Waals surface area contributed by atoms with Gasteiger partial charge in [-0.25, -0.2) is 0 Å². The van der Waals surface area contributed by atoms with Crippen molar-refractivity contribution in [2.45, 2.75) is 65.2 Å². The number of hydrogen-bond donors (Lipinski definition) is 1. The molecule has 0 bridgehead atoms. The second-order valence-corrected chi connectivity index (χ2v) is 12.0. The van der Waals surface area contributed by atoms with Crippen LogP contribution in [0.25, 0.3) is 6.08 Å². The monoisotopic (exact) mass is 708 g/mol. The van der Waals surface area contributed by atoms with Gasteiger partial charge in [-0.3, -0.25) is 0 Å². The Bertz CT molecular complexity index is 939. The number of hydrogen-bond acceptors (Lipinski definition) is 11. The van der Waals surface area contributed by atoms with E-state index in [1.807, 2.05) is 13.0 Å². The first kappa shape index (κ1) is 44.5. The maximum atomic E-state index is 10.9. The van der Waals surface area contributed by atoms with Gasteiger partial charge in [0.2, 0.25) is 0 Å². The summed E-state index contributed by atoms with van der Waals surface area (Å²) >= 11 is 0. The molecule has 1 rings (SSSR count). The molecule has 279 valence electrons. The van der Waals surface area contributed by atoms with Gasteiger partial charge in [0.05, 0.1) is 96.8 Å². The van der Waals surface area contributed by atoms with Crippen molar-refractivity contribution in [1.82, 2.24) is 0 Å². The van der Waals surface area contributed by atoms with Gasteiger partial charge >= 0.3 is 10.8 Å². The van der Waals surface area contributed by atoms with E-state index in [0.29, 0.717) is 92.5 Å². The van der Waals surface area contributed by atoms with Crippen LogP contribution in [0.3, 0.4) is 0 Å². The summed E-state index contributed by atoms with van der Waals surface area (Å²) in [6.45, 7) is 10.6. The Morgan fingerprint density at radius 1 is 0.625 bits per heavy atom. The maximum Gasteiger partial charge on any atom is 0.597 e. The van der Waals surface area contributed by atoms with Gasteiger partial charge in [0, 0.05) is 9.77 Å². The highest BCUT2D eigenvalue weighted by molar-refractivity contribution is 7.88.